The summed E-state index contributed by atoms with van der Waals surface area (Å²) in [5.41, 5.74) is 2.79. The highest BCUT2D eigenvalue weighted by Crippen LogP contribution is 2.35. The molecular weight excluding hydrogens is 416 g/mol. The second kappa shape index (κ2) is 8.16. The summed E-state index contributed by atoms with van der Waals surface area (Å²) in [4.78, 5) is 15.8. The fourth-order valence-electron chi connectivity index (χ4n) is 3.74. The lowest BCUT2D eigenvalue weighted by molar-refractivity contribution is 0.0981. The van der Waals surface area contributed by atoms with E-state index in [1.165, 1.54) is 11.8 Å². The molecule has 0 aliphatic carbocycles. The first kappa shape index (κ1) is 20.5. The predicted molar refractivity (Wildman–Crippen MR) is 122 cm³/mol. The van der Waals surface area contributed by atoms with Gasteiger partial charge in [0.15, 0.2) is 0 Å². The summed E-state index contributed by atoms with van der Waals surface area (Å²) >= 11 is 1.48. The fraction of sp³-hybridized carbons (Fsp3) is 0.174. The Morgan fingerprint density at radius 3 is 2.47 bits per heavy atom. The molecule has 154 valence electrons. The zero-order chi connectivity index (χ0) is 21.3. The number of benzene rings is 3. The number of rotatable bonds is 5. The molecule has 7 heteroatoms. The maximum atomic E-state index is 13.0. The lowest BCUT2D eigenvalue weighted by Gasteiger charge is -2.23. The van der Waals surface area contributed by atoms with Crippen molar-refractivity contribution in [2.24, 2.45) is 0 Å². The molecular formula is C23H22N2O3S2. The zero-order valence-corrected chi connectivity index (χ0v) is 18.3. The van der Waals surface area contributed by atoms with Gasteiger partial charge in [-0.2, -0.15) is 0 Å². The van der Waals surface area contributed by atoms with Crippen LogP contribution in [0.3, 0.4) is 0 Å². The van der Waals surface area contributed by atoms with E-state index in [0.29, 0.717) is 17.7 Å². The molecule has 5 nitrogen and oxygen atoms in total. The third-order valence-corrected chi connectivity index (χ3v) is 7.33. The highest BCUT2D eigenvalue weighted by molar-refractivity contribution is 7.99. The van der Waals surface area contributed by atoms with E-state index in [2.05, 4.69) is 4.72 Å². The van der Waals surface area contributed by atoms with Crippen LogP contribution in [0.2, 0.25) is 0 Å². The first-order valence-electron chi connectivity index (χ1n) is 9.58. The summed E-state index contributed by atoms with van der Waals surface area (Å²) in [5.74, 6) is -0.0792. The van der Waals surface area contributed by atoms with Crippen molar-refractivity contribution in [1.29, 1.82) is 0 Å². The van der Waals surface area contributed by atoms with Crippen molar-refractivity contribution in [2.45, 2.75) is 29.2 Å². The molecule has 1 heterocycles. The molecule has 0 aromatic heterocycles. The number of para-hydroxylation sites is 1. The number of amides is 1. The average molecular weight is 439 g/mol. The van der Waals surface area contributed by atoms with Gasteiger partial charge in [0, 0.05) is 22.2 Å². The molecule has 3 aromatic rings. The normalized spacial score (nSPS) is 15.7. The number of thioether (sulfide) groups is 1. The Morgan fingerprint density at radius 2 is 1.73 bits per heavy atom. The molecule has 3 aromatic carbocycles. The first-order valence-corrected chi connectivity index (χ1v) is 12.3. The molecule has 1 aliphatic rings. The number of sulfonamides is 1. The number of carbonyl (C=O) groups is 1. The van der Waals surface area contributed by atoms with Crippen molar-refractivity contribution in [2.75, 3.05) is 15.9 Å². The number of fused-ring (bicyclic) bond motifs is 1. The van der Waals surface area contributed by atoms with Crippen molar-refractivity contribution in [1.82, 2.24) is 0 Å². The van der Waals surface area contributed by atoms with Crippen LogP contribution in [0.4, 0.5) is 11.4 Å². The van der Waals surface area contributed by atoms with Crippen LogP contribution in [0.1, 0.15) is 22.8 Å². The van der Waals surface area contributed by atoms with Gasteiger partial charge in [-0.25, -0.2) is 8.42 Å². The van der Waals surface area contributed by atoms with E-state index in [1.807, 2.05) is 43.5 Å². The first-order chi connectivity index (χ1) is 14.4. The van der Waals surface area contributed by atoms with Gasteiger partial charge in [-0.3, -0.25) is 9.52 Å². The minimum atomic E-state index is -3.74. The molecule has 1 amide bonds. The van der Waals surface area contributed by atoms with Crippen LogP contribution < -0.4 is 9.62 Å². The van der Waals surface area contributed by atoms with Gasteiger partial charge >= 0.3 is 0 Å². The molecule has 1 atom stereocenters. The standard InChI is InChI=1S/C23H22N2O3S2/c1-16-14-18-15-19(30(27,28)24-20-10-6-7-11-22(20)29-2)12-13-21(18)25(16)23(26)17-8-4-3-5-9-17/h3-13,15-16,24H,14H2,1-2H3/t16-/m0/s1. The molecule has 0 saturated carbocycles. The molecule has 0 unspecified atom stereocenters. The summed E-state index contributed by atoms with van der Waals surface area (Å²) in [7, 11) is -3.74. The molecule has 0 saturated heterocycles. The Morgan fingerprint density at radius 1 is 1.03 bits per heavy atom. The quantitative estimate of drug-likeness (QED) is 0.581. The van der Waals surface area contributed by atoms with Crippen LogP contribution >= 0.6 is 11.8 Å². The van der Waals surface area contributed by atoms with Gasteiger partial charge in [-0.15, -0.1) is 11.8 Å². The zero-order valence-electron chi connectivity index (χ0n) is 16.7. The summed E-state index contributed by atoms with van der Waals surface area (Å²) in [6, 6.07) is 21.3. The number of hydrogen-bond acceptors (Lipinski definition) is 4. The molecule has 1 N–H and O–H groups in total. The minimum absolute atomic E-state index is 0.0455. The Bertz CT molecular complexity index is 1190. The summed E-state index contributed by atoms with van der Waals surface area (Å²) in [6.07, 6.45) is 2.51. The van der Waals surface area contributed by atoms with E-state index >= 15 is 0 Å². The largest absolute Gasteiger partial charge is 0.305 e. The Hall–Kier alpha value is -2.77. The smallest absolute Gasteiger partial charge is 0.261 e. The molecule has 0 spiro atoms. The van der Waals surface area contributed by atoms with Gasteiger partial charge in [0.2, 0.25) is 0 Å². The van der Waals surface area contributed by atoms with Crippen LogP contribution in [0.5, 0.6) is 0 Å². The van der Waals surface area contributed by atoms with Crippen LogP contribution in [-0.2, 0) is 16.4 Å². The van der Waals surface area contributed by atoms with Crippen molar-refractivity contribution in [3.05, 3.63) is 83.9 Å². The number of nitrogens with one attached hydrogen (secondary N) is 1. The summed E-state index contributed by atoms with van der Waals surface area (Å²) < 4.78 is 28.7. The Labute approximate surface area is 181 Å². The molecule has 0 radical (unpaired) electrons. The van der Waals surface area contributed by atoms with E-state index in [-0.39, 0.29) is 16.8 Å². The van der Waals surface area contributed by atoms with E-state index in [9.17, 15) is 13.2 Å². The predicted octanol–water partition coefficient (Wildman–Crippen LogP) is 4.80. The SMILES string of the molecule is CSc1ccccc1NS(=O)(=O)c1ccc2c(c1)C[C@H](C)N2C(=O)c1ccccc1. The van der Waals surface area contributed by atoms with E-state index in [0.717, 1.165) is 16.1 Å². The topological polar surface area (TPSA) is 66.5 Å². The molecule has 4 rings (SSSR count). The van der Waals surface area contributed by atoms with E-state index in [4.69, 9.17) is 0 Å². The Kier molecular flexibility index (Phi) is 5.58. The molecule has 30 heavy (non-hydrogen) atoms. The van der Waals surface area contributed by atoms with Crippen LogP contribution in [0.25, 0.3) is 0 Å². The maximum Gasteiger partial charge on any atom is 0.261 e. The van der Waals surface area contributed by atoms with Gasteiger partial charge < -0.3 is 4.90 Å². The monoisotopic (exact) mass is 438 g/mol. The van der Waals surface area contributed by atoms with Gasteiger partial charge in [0.05, 0.1) is 10.6 Å². The van der Waals surface area contributed by atoms with Gasteiger partial charge in [0.1, 0.15) is 0 Å². The van der Waals surface area contributed by atoms with Crippen LogP contribution in [-0.4, -0.2) is 26.6 Å². The van der Waals surface area contributed by atoms with Crippen molar-refractivity contribution < 1.29 is 13.2 Å². The number of anilines is 2. The van der Waals surface area contributed by atoms with Crippen molar-refractivity contribution in [3.63, 3.8) is 0 Å². The second-order valence-electron chi connectivity index (χ2n) is 7.19. The van der Waals surface area contributed by atoms with Gasteiger partial charge in [0.25, 0.3) is 15.9 Å². The fourth-order valence-corrected chi connectivity index (χ4v) is 5.48. The van der Waals surface area contributed by atoms with E-state index in [1.54, 1.807) is 47.4 Å². The van der Waals surface area contributed by atoms with E-state index < -0.39 is 10.0 Å². The minimum Gasteiger partial charge on any atom is -0.305 e. The number of carbonyl (C=O) groups excluding carboxylic acids is 1. The highest BCUT2D eigenvalue weighted by Gasteiger charge is 2.32. The third kappa shape index (κ3) is 3.82. The van der Waals surface area contributed by atoms with Crippen molar-refractivity contribution >= 4 is 39.1 Å². The third-order valence-electron chi connectivity index (χ3n) is 5.17. The lowest BCUT2D eigenvalue weighted by Crippen LogP contribution is -2.35. The number of hydrogen-bond donors (Lipinski definition) is 1. The van der Waals surface area contributed by atoms with Crippen LogP contribution in [0.15, 0.2) is 82.6 Å². The highest BCUT2D eigenvalue weighted by atomic mass is 32.2. The maximum absolute atomic E-state index is 13.0. The molecule has 0 bridgehead atoms. The lowest BCUT2D eigenvalue weighted by atomic mass is 10.1. The number of nitrogens with zero attached hydrogens (tertiary/aromatic N) is 1. The van der Waals surface area contributed by atoms with Gasteiger partial charge in [-0.05, 0) is 67.6 Å². The summed E-state index contributed by atoms with van der Waals surface area (Å²) in [6.45, 7) is 1.97. The van der Waals surface area contributed by atoms with Gasteiger partial charge in [-0.1, -0.05) is 30.3 Å². The summed E-state index contributed by atoms with van der Waals surface area (Å²) in [5, 5.41) is 0. The second-order valence-corrected chi connectivity index (χ2v) is 9.72. The van der Waals surface area contributed by atoms with Crippen LogP contribution in [0, 0.1) is 0 Å². The molecule has 1 aliphatic heterocycles. The average Bonchev–Trinajstić information content (AvgIpc) is 3.09. The van der Waals surface area contributed by atoms with Crippen molar-refractivity contribution in [3.8, 4) is 0 Å². The Balaban J connectivity index is 1.65. The molecule has 0 fully saturated rings.